The molecule has 0 aromatic heterocycles. The second kappa shape index (κ2) is 40.2. The van der Waals surface area contributed by atoms with Crippen LogP contribution in [0.2, 0.25) is 0 Å². The number of carbonyl (C=O) groups is 11. The second-order valence-corrected chi connectivity index (χ2v) is 18.4. The summed E-state index contributed by atoms with van der Waals surface area (Å²) >= 11 is 0. The summed E-state index contributed by atoms with van der Waals surface area (Å²) in [6, 6.07) is -1.78. The molecule has 9 amide bonds. The van der Waals surface area contributed by atoms with E-state index in [-0.39, 0.29) is 89.5 Å². The molecule has 1 saturated heterocycles. The number of amides is 9. The van der Waals surface area contributed by atoms with Gasteiger partial charge in [0.1, 0.15) is 18.1 Å². The molecule has 71 heavy (non-hydrogen) atoms. The Balaban J connectivity index is 3.22. The number of Topliss-reactive ketones (excluding diaryl/α,β-unsaturated/α-hetero) is 1. The van der Waals surface area contributed by atoms with E-state index in [1.807, 2.05) is 32.6 Å². The zero-order chi connectivity index (χ0) is 52.7. The van der Waals surface area contributed by atoms with E-state index in [9.17, 15) is 52.7 Å². The number of likely N-dealkylation sites (tertiary alicyclic amines) is 1. The molecule has 1 aliphatic rings. The van der Waals surface area contributed by atoms with Crippen LogP contribution in [0.4, 0.5) is 0 Å². The number of hydrogen-bond donors (Lipinski definition) is 9. The van der Waals surface area contributed by atoms with Crippen molar-refractivity contribution in [3.63, 3.8) is 0 Å². The van der Waals surface area contributed by atoms with Crippen molar-refractivity contribution < 1.29 is 52.7 Å². The van der Waals surface area contributed by atoms with Crippen molar-refractivity contribution >= 4 is 65.2 Å². The maximum absolute atomic E-state index is 14.2. The fraction of sp³-hybridized carbons (Fsp3) is 0.780. The maximum Gasteiger partial charge on any atom is 0.243 e. The smallest absolute Gasteiger partial charge is 0.243 e. The first kappa shape index (κ1) is 63.5. The Morgan fingerprint density at radius 1 is 0.479 bits per heavy atom. The van der Waals surface area contributed by atoms with Crippen LogP contribution in [0, 0.1) is 11.8 Å². The van der Waals surface area contributed by atoms with E-state index in [0.717, 1.165) is 83.3 Å². The van der Waals surface area contributed by atoms with Gasteiger partial charge < -0.3 is 52.6 Å². The van der Waals surface area contributed by atoms with Crippen LogP contribution in [0.25, 0.3) is 0 Å². The van der Waals surface area contributed by atoms with Gasteiger partial charge in [0.05, 0.1) is 38.1 Å². The van der Waals surface area contributed by atoms with E-state index in [2.05, 4.69) is 47.9 Å². The van der Waals surface area contributed by atoms with Crippen molar-refractivity contribution in [3.05, 3.63) is 0 Å². The second-order valence-electron chi connectivity index (χ2n) is 18.4. The van der Waals surface area contributed by atoms with Gasteiger partial charge in [0.15, 0.2) is 0 Å². The summed E-state index contributed by atoms with van der Waals surface area (Å²) in [5.74, 6) is -7.04. The van der Waals surface area contributed by atoms with Crippen LogP contribution in [-0.2, 0) is 52.7 Å². The summed E-state index contributed by atoms with van der Waals surface area (Å²) in [7, 11) is 0. The number of ketones is 1. The van der Waals surface area contributed by atoms with Crippen LogP contribution in [-0.4, -0.2) is 148 Å². The topological polar surface area (TPSA) is 299 Å². The van der Waals surface area contributed by atoms with Gasteiger partial charge in [0, 0.05) is 64.3 Å². The predicted molar refractivity (Wildman–Crippen MR) is 269 cm³/mol. The molecule has 404 valence electrons. The van der Waals surface area contributed by atoms with Gasteiger partial charge >= 0.3 is 0 Å². The molecule has 0 saturated carbocycles. The number of unbranched alkanes of at least 4 members (excludes halogenated alkanes) is 8. The fourth-order valence-electron chi connectivity index (χ4n) is 7.80. The number of nitrogens with one attached hydrogen (secondary N) is 9. The lowest BCUT2D eigenvalue weighted by molar-refractivity contribution is -0.134. The van der Waals surface area contributed by atoms with Gasteiger partial charge in [-0.2, -0.15) is 0 Å². The lowest BCUT2D eigenvalue weighted by Crippen LogP contribution is -2.52. The Hall–Kier alpha value is -5.47. The lowest BCUT2D eigenvalue weighted by Gasteiger charge is -2.27. The lowest BCUT2D eigenvalue weighted by atomic mass is 9.91. The number of carbonyl (C=O) groups excluding carboxylic acids is 11. The van der Waals surface area contributed by atoms with Gasteiger partial charge in [-0.25, -0.2) is 0 Å². The quantitative estimate of drug-likeness (QED) is 0.0310. The third-order valence-electron chi connectivity index (χ3n) is 12.2. The molecule has 21 heteroatoms. The van der Waals surface area contributed by atoms with E-state index in [0.29, 0.717) is 45.6 Å². The Labute approximate surface area is 421 Å². The number of nitrogens with zero attached hydrogens (tertiary/aromatic N) is 1. The third kappa shape index (κ3) is 31.5. The highest BCUT2D eigenvalue weighted by atomic mass is 16.2. The Morgan fingerprint density at radius 3 is 1.35 bits per heavy atom. The SMILES string of the molecule is CCCCCNC(=O)CNC(=O)CCC(CC(=O)CCC(CN1CCC[C@H]1C=O)C(=O)NC(CCC(=O)NCC(=O)NCCCCC)C(=O)NCC(=O)NCCCCC)C(=O)NCC(=O)NCCCCC. The van der Waals surface area contributed by atoms with Crippen molar-refractivity contribution in [3.8, 4) is 0 Å². The molecular formula is C50H88N10O11. The van der Waals surface area contributed by atoms with Gasteiger partial charge in [0.2, 0.25) is 53.2 Å². The Kier molecular flexibility index (Phi) is 35.9. The highest BCUT2D eigenvalue weighted by Crippen LogP contribution is 2.22. The summed E-state index contributed by atoms with van der Waals surface area (Å²) < 4.78 is 0. The molecule has 9 N–H and O–H groups in total. The van der Waals surface area contributed by atoms with E-state index in [4.69, 9.17) is 0 Å². The summed E-state index contributed by atoms with van der Waals surface area (Å²) in [5.41, 5.74) is 0. The minimum Gasteiger partial charge on any atom is -0.355 e. The minimum absolute atomic E-state index is 0.0501. The summed E-state index contributed by atoms with van der Waals surface area (Å²) in [5, 5.41) is 23.9. The molecule has 1 rings (SSSR count). The molecule has 1 heterocycles. The normalized spacial score (nSPS) is 14.5. The Bertz CT molecular complexity index is 1670. The molecule has 4 atom stereocenters. The number of rotatable bonds is 42. The number of aldehydes is 1. The minimum atomic E-state index is -1.31. The molecule has 0 aromatic rings. The van der Waals surface area contributed by atoms with Gasteiger partial charge in [-0.15, -0.1) is 0 Å². The first-order chi connectivity index (χ1) is 34.2. The van der Waals surface area contributed by atoms with Gasteiger partial charge in [0.25, 0.3) is 0 Å². The standard InChI is InChI=1S/C50H88N10O11/c1-5-9-13-25-51-44(65)31-55-42(63)23-20-37(48(69)57-33-46(67)53-27-15-11-7-3)30-40(62)21-19-38(35-60-29-17-18-39(60)36-61)49(70)59-41(50(71)58-34-47(68)54-28-16-12-8-4)22-24-43(64)56-32-45(66)52-26-14-10-6-2/h36-39,41H,5-35H2,1-4H3,(H,51,65)(H,52,66)(H,53,67)(H,54,68)(H,55,63)(H,56,64)(H,57,69)(H,58,71)(H,59,70)/t37?,38?,39-,41?/m0/s1. The average molecular weight is 1010 g/mol. The first-order valence-corrected chi connectivity index (χ1v) is 26.3. The van der Waals surface area contributed by atoms with Crippen LogP contribution in [0.1, 0.15) is 163 Å². The zero-order valence-corrected chi connectivity index (χ0v) is 43.2. The van der Waals surface area contributed by atoms with Crippen molar-refractivity contribution in [1.29, 1.82) is 0 Å². The van der Waals surface area contributed by atoms with Gasteiger partial charge in [-0.1, -0.05) is 79.1 Å². The van der Waals surface area contributed by atoms with Crippen molar-refractivity contribution in [1.82, 2.24) is 52.8 Å². The molecule has 3 unspecified atom stereocenters. The average Bonchev–Trinajstić information content (AvgIpc) is 3.82. The maximum atomic E-state index is 14.2. The monoisotopic (exact) mass is 1000 g/mol. The van der Waals surface area contributed by atoms with E-state index in [1.54, 1.807) is 0 Å². The Morgan fingerprint density at radius 2 is 0.901 bits per heavy atom. The van der Waals surface area contributed by atoms with Crippen LogP contribution < -0.4 is 47.9 Å². The predicted octanol–water partition coefficient (Wildman–Crippen LogP) is 1.36. The molecule has 0 aromatic carbocycles. The van der Waals surface area contributed by atoms with Crippen molar-refractivity contribution in [2.75, 3.05) is 65.4 Å². The summed E-state index contributed by atoms with van der Waals surface area (Å²) in [4.78, 5) is 144. The highest BCUT2D eigenvalue weighted by Gasteiger charge is 2.33. The van der Waals surface area contributed by atoms with Crippen LogP contribution in [0.5, 0.6) is 0 Å². The van der Waals surface area contributed by atoms with E-state index >= 15 is 0 Å². The molecule has 0 spiro atoms. The molecule has 0 radical (unpaired) electrons. The molecule has 1 fully saturated rings. The van der Waals surface area contributed by atoms with E-state index in [1.165, 1.54) is 0 Å². The number of hydrogen-bond acceptors (Lipinski definition) is 12. The fourth-order valence-corrected chi connectivity index (χ4v) is 7.80. The molecule has 0 aliphatic carbocycles. The van der Waals surface area contributed by atoms with Crippen molar-refractivity contribution in [2.45, 2.75) is 175 Å². The van der Waals surface area contributed by atoms with E-state index < -0.39 is 71.1 Å². The zero-order valence-electron chi connectivity index (χ0n) is 43.2. The molecular weight excluding hydrogens is 917 g/mol. The first-order valence-electron chi connectivity index (χ1n) is 26.3. The molecule has 21 nitrogen and oxygen atoms in total. The molecule has 1 aliphatic heterocycles. The highest BCUT2D eigenvalue weighted by molar-refractivity contribution is 5.93. The van der Waals surface area contributed by atoms with Gasteiger partial charge in [-0.3, -0.25) is 52.8 Å². The summed E-state index contributed by atoms with van der Waals surface area (Å²) in [6.45, 7) is 9.23. The van der Waals surface area contributed by atoms with Crippen LogP contribution >= 0.6 is 0 Å². The largest absolute Gasteiger partial charge is 0.355 e. The molecule has 0 bridgehead atoms. The summed E-state index contributed by atoms with van der Waals surface area (Å²) in [6.07, 6.45) is 11.5. The third-order valence-corrected chi connectivity index (χ3v) is 12.2. The van der Waals surface area contributed by atoms with Crippen molar-refractivity contribution in [2.24, 2.45) is 11.8 Å². The van der Waals surface area contributed by atoms with Crippen LogP contribution in [0.15, 0.2) is 0 Å². The van der Waals surface area contributed by atoms with Gasteiger partial charge in [-0.05, 0) is 64.3 Å². The van der Waals surface area contributed by atoms with Crippen LogP contribution in [0.3, 0.4) is 0 Å².